The van der Waals surface area contributed by atoms with Gasteiger partial charge in [-0.2, -0.15) is 4.31 Å². The smallest absolute Gasteiger partial charge is 0.243 e. The largest absolute Gasteiger partial charge is 0.496 e. The van der Waals surface area contributed by atoms with Gasteiger partial charge >= 0.3 is 0 Å². The van der Waals surface area contributed by atoms with Crippen LogP contribution in [0, 0.1) is 0 Å². The van der Waals surface area contributed by atoms with Gasteiger partial charge in [0.05, 0.1) is 30.6 Å². The first-order valence-corrected chi connectivity index (χ1v) is 8.74. The monoisotopic (exact) mass is 333 g/mol. The summed E-state index contributed by atoms with van der Waals surface area (Å²) in [4.78, 5) is 0.236. The van der Waals surface area contributed by atoms with Crippen molar-refractivity contribution in [3.05, 3.63) is 23.8 Å². The third kappa shape index (κ3) is 3.34. The maximum atomic E-state index is 12.8. The highest BCUT2D eigenvalue weighted by atomic mass is 35.5. The molecule has 0 aromatic heterocycles. The van der Waals surface area contributed by atoms with Gasteiger partial charge in [0.2, 0.25) is 10.0 Å². The van der Waals surface area contributed by atoms with E-state index in [2.05, 4.69) is 0 Å². The number of benzene rings is 1. The molecule has 0 bridgehead atoms. The summed E-state index contributed by atoms with van der Waals surface area (Å²) in [5.41, 5.74) is 0.661. The fourth-order valence-electron chi connectivity index (χ4n) is 2.36. The zero-order valence-corrected chi connectivity index (χ0v) is 13.9. The molecule has 21 heavy (non-hydrogen) atoms. The molecule has 5 nitrogen and oxygen atoms in total. The van der Waals surface area contributed by atoms with Crippen LogP contribution in [0.25, 0.3) is 0 Å². The molecule has 118 valence electrons. The SMILES string of the molecule is COc1ccc(S(=O)(=O)N2CC(C)OCC2C)cc1CCl. The van der Waals surface area contributed by atoms with E-state index in [1.54, 1.807) is 18.2 Å². The summed E-state index contributed by atoms with van der Waals surface area (Å²) in [6.45, 7) is 4.46. The second-order valence-electron chi connectivity index (χ2n) is 5.17. The lowest BCUT2D eigenvalue weighted by Crippen LogP contribution is -2.50. The van der Waals surface area contributed by atoms with Gasteiger partial charge in [0.1, 0.15) is 5.75 Å². The maximum Gasteiger partial charge on any atom is 0.243 e. The second kappa shape index (κ2) is 6.52. The number of methoxy groups -OCH3 is 1. The first-order chi connectivity index (χ1) is 9.90. The summed E-state index contributed by atoms with van der Waals surface area (Å²) in [5.74, 6) is 0.786. The molecule has 0 spiro atoms. The van der Waals surface area contributed by atoms with Crippen molar-refractivity contribution in [1.82, 2.24) is 4.31 Å². The summed E-state index contributed by atoms with van der Waals surface area (Å²) in [6, 6.07) is 4.58. The van der Waals surface area contributed by atoms with E-state index in [0.717, 1.165) is 0 Å². The van der Waals surface area contributed by atoms with Crippen LogP contribution in [0.15, 0.2) is 23.1 Å². The fraction of sp³-hybridized carbons (Fsp3) is 0.571. The Labute approximate surface area is 130 Å². The van der Waals surface area contributed by atoms with Crippen molar-refractivity contribution in [3.63, 3.8) is 0 Å². The van der Waals surface area contributed by atoms with Crippen LogP contribution in [0.3, 0.4) is 0 Å². The number of hydrogen-bond donors (Lipinski definition) is 0. The van der Waals surface area contributed by atoms with Crippen molar-refractivity contribution < 1.29 is 17.9 Å². The van der Waals surface area contributed by atoms with Gasteiger partial charge in [-0.1, -0.05) is 0 Å². The number of sulfonamides is 1. The fourth-order valence-corrected chi connectivity index (χ4v) is 4.31. The quantitative estimate of drug-likeness (QED) is 0.793. The highest BCUT2D eigenvalue weighted by Gasteiger charge is 2.34. The molecule has 1 fully saturated rings. The van der Waals surface area contributed by atoms with Crippen LogP contribution in [0.5, 0.6) is 5.75 Å². The Hall–Kier alpha value is -0.820. The Bertz CT molecular complexity index is 605. The summed E-state index contributed by atoms with van der Waals surface area (Å²) >= 11 is 5.86. The van der Waals surface area contributed by atoms with E-state index in [1.165, 1.54) is 11.4 Å². The minimum atomic E-state index is -3.56. The van der Waals surface area contributed by atoms with Crippen LogP contribution in [0.1, 0.15) is 19.4 Å². The Kier molecular flexibility index (Phi) is 5.14. The van der Waals surface area contributed by atoms with Crippen LogP contribution in [0.4, 0.5) is 0 Å². The van der Waals surface area contributed by atoms with Gasteiger partial charge in [0, 0.05) is 18.2 Å². The molecule has 0 N–H and O–H groups in total. The van der Waals surface area contributed by atoms with Crippen molar-refractivity contribution in [1.29, 1.82) is 0 Å². The molecule has 2 unspecified atom stereocenters. The number of rotatable bonds is 4. The van der Waals surface area contributed by atoms with E-state index in [4.69, 9.17) is 21.1 Å². The number of nitrogens with zero attached hydrogens (tertiary/aromatic N) is 1. The highest BCUT2D eigenvalue weighted by molar-refractivity contribution is 7.89. The first kappa shape index (κ1) is 16.5. The van der Waals surface area contributed by atoms with Gasteiger partial charge in [-0.3, -0.25) is 0 Å². The van der Waals surface area contributed by atoms with Gasteiger partial charge in [-0.05, 0) is 32.0 Å². The minimum absolute atomic E-state index is 0.110. The maximum absolute atomic E-state index is 12.8. The highest BCUT2D eigenvalue weighted by Crippen LogP contribution is 2.28. The first-order valence-electron chi connectivity index (χ1n) is 6.76. The van der Waals surface area contributed by atoms with Crippen LogP contribution in [-0.4, -0.2) is 45.1 Å². The van der Waals surface area contributed by atoms with Crippen molar-refractivity contribution in [2.75, 3.05) is 20.3 Å². The van der Waals surface area contributed by atoms with Gasteiger partial charge in [-0.25, -0.2) is 8.42 Å². The molecular weight excluding hydrogens is 314 g/mol. The zero-order valence-electron chi connectivity index (χ0n) is 12.4. The van der Waals surface area contributed by atoms with Crippen LogP contribution < -0.4 is 4.74 Å². The van der Waals surface area contributed by atoms with E-state index >= 15 is 0 Å². The lowest BCUT2D eigenvalue weighted by Gasteiger charge is -2.35. The molecule has 2 atom stereocenters. The minimum Gasteiger partial charge on any atom is -0.496 e. The Balaban J connectivity index is 2.39. The normalized spacial score (nSPS) is 24.0. The Morgan fingerprint density at radius 1 is 1.43 bits per heavy atom. The molecular formula is C14H20ClNO4S. The van der Waals surface area contributed by atoms with E-state index in [0.29, 0.717) is 24.5 Å². The van der Waals surface area contributed by atoms with E-state index in [1.807, 2.05) is 13.8 Å². The van der Waals surface area contributed by atoms with Gasteiger partial charge in [-0.15, -0.1) is 11.6 Å². The summed E-state index contributed by atoms with van der Waals surface area (Å²) in [5, 5.41) is 0. The van der Waals surface area contributed by atoms with E-state index < -0.39 is 10.0 Å². The van der Waals surface area contributed by atoms with Gasteiger partial charge < -0.3 is 9.47 Å². The molecule has 1 saturated heterocycles. The summed E-state index contributed by atoms with van der Waals surface area (Å²) < 4.78 is 37.7. The third-order valence-corrected chi connectivity index (χ3v) is 5.82. The number of morpholine rings is 1. The molecule has 2 rings (SSSR count). The molecule has 1 aromatic carbocycles. The predicted octanol–water partition coefficient (Wildman–Crippen LogP) is 2.23. The van der Waals surface area contributed by atoms with Crippen LogP contribution in [0.2, 0.25) is 0 Å². The summed E-state index contributed by atoms with van der Waals surface area (Å²) in [6.07, 6.45) is -0.110. The van der Waals surface area contributed by atoms with Crippen molar-refractivity contribution in [3.8, 4) is 5.75 Å². The number of ether oxygens (including phenoxy) is 2. The molecule has 0 aliphatic carbocycles. The Morgan fingerprint density at radius 3 is 2.76 bits per heavy atom. The molecule has 1 aromatic rings. The van der Waals surface area contributed by atoms with Crippen molar-refractivity contribution in [2.24, 2.45) is 0 Å². The van der Waals surface area contributed by atoms with Gasteiger partial charge in [0.25, 0.3) is 0 Å². The standard InChI is InChI=1S/C14H20ClNO4S/c1-10-9-20-11(2)8-16(10)21(17,18)13-4-5-14(19-3)12(6-13)7-15/h4-6,10-11H,7-9H2,1-3H3. The summed E-state index contributed by atoms with van der Waals surface area (Å²) in [7, 11) is -2.03. The molecule has 0 saturated carbocycles. The number of alkyl halides is 1. The number of hydrogen-bond acceptors (Lipinski definition) is 4. The molecule has 0 radical (unpaired) electrons. The van der Waals surface area contributed by atoms with E-state index in [9.17, 15) is 8.42 Å². The Morgan fingerprint density at radius 2 is 2.14 bits per heavy atom. The lowest BCUT2D eigenvalue weighted by molar-refractivity contribution is -0.0170. The average Bonchev–Trinajstić information content (AvgIpc) is 2.48. The van der Waals surface area contributed by atoms with Crippen LogP contribution >= 0.6 is 11.6 Å². The zero-order chi connectivity index (χ0) is 15.6. The molecule has 1 heterocycles. The molecule has 1 aliphatic rings. The second-order valence-corrected chi connectivity index (χ2v) is 7.33. The molecule has 0 amide bonds. The number of halogens is 1. The topological polar surface area (TPSA) is 55.8 Å². The van der Waals surface area contributed by atoms with Crippen molar-refractivity contribution >= 4 is 21.6 Å². The van der Waals surface area contributed by atoms with Crippen LogP contribution in [-0.2, 0) is 20.6 Å². The molecule has 1 aliphatic heterocycles. The third-order valence-electron chi connectivity index (χ3n) is 3.55. The van der Waals surface area contributed by atoms with E-state index in [-0.39, 0.29) is 22.9 Å². The molecule has 7 heteroatoms. The lowest BCUT2D eigenvalue weighted by atomic mass is 10.2. The van der Waals surface area contributed by atoms with Gasteiger partial charge in [0.15, 0.2) is 0 Å². The predicted molar refractivity (Wildman–Crippen MR) is 81.3 cm³/mol. The average molecular weight is 334 g/mol. The van der Waals surface area contributed by atoms with Crippen molar-refractivity contribution in [2.45, 2.75) is 36.8 Å².